The molecule has 0 spiro atoms. The lowest BCUT2D eigenvalue weighted by Gasteiger charge is -2.15. The first-order valence-electron chi connectivity index (χ1n) is 7.82. The molecule has 1 aromatic heterocycles. The number of carbonyl (C=O) groups excluding carboxylic acids is 1. The molecule has 2 aromatic rings. The number of rotatable bonds is 5. The molecule has 0 bridgehead atoms. The van der Waals surface area contributed by atoms with E-state index in [2.05, 4.69) is 10.3 Å². The highest BCUT2D eigenvalue weighted by molar-refractivity contribution is 7.99. The Labute approximate surface area is 144 Å². The topological polar surface area (TPSA) is 73.2 Å². The first-order chi connectivity index (χ1) is 11.6. The fourth-order valence-electron chi connectivity index (χ4n) is 2.64. The fourth-order valence-corrected chi connectivity index (χ4v) is 3.74. The normalized spacial score (nSPS) is 15.8. The van der Waals surface area contributed by atoms with Crippen LogP contribution < -0.4 is 15.6 Å². The van der Waals surface area contributed by atoms with Crippen LogP contribution in [-0.4, -0.2) is 27.8 Å². The van der Waals surface area contributed by atoms with E-state index in [0.717, 1.165) is 0 Å². The van der Waals surface area contributed by atoms with Gasteiger partial charge in [-0.2, -0.15) is 0 Å². The largest absolute Gasteiger partial charge is 0.492 e. The Hall–Kier alpha value is -2.28. The number of amides is 1. The SMILES string of the molecule is CCOc1ccccc1NC(=O)CC1CSc2ncc(C)c(=O)n21. The number of hydrogen-bond acceptors (Lipinski definition) is 5. The average molecular weight is 345 g/mol. The fraction of sp³-hybridized carbons (Fsp3) is 0.353. The second-order valence-corrected chi connectivity index (χ2v) is 6.53. The number of hydrogen-bond donors (Lipinski definition) is 1. The molecule has 1 aliphatic rings. The van der Waals surface area contributed by atoms with E-state index in [0.29, 0.717) is 34.5 Å². The van der Waals surface area contributed by atoms with Gasteiger partial charge in [0.1, 0.15) is 5.75 Å². The summed E-state index contributed by atoms with van der Waals surface area (Å²) < 4.78 is 7.15. The van der Waals surface area contributed by atoms with Crippen LogP contribution in [0.5, 0.6) is 5.75 Å². The number of thioether (sulfide) groups is 1. The van der Waals surface area contributed by atoms with E-state index in [9.17, 15) is 9.59 Å². The van der Waals surface area contributed by atoms with Crippen LogP contribution in [0, 0.1) is 6.92 Å². The van der Waals surface area contributed by atoms with Crippen molar-refractivity contribution in [1.82, 2.24) is 9.55 Å². The molecular weight excluding hydrogens is 326 g/mol. The maximum absolute atomic E-state index is 12.4. The van der Waals surface area contributed by atoms with Crippen molar-refractivity contribution in [3.05, 3.63) is 46.4 Å². The standard InChI is InChI=1S/C17H19N3O3S/c1-3-23-14-7-5-4-6-13(14)19-15(21)8-12-10-24-17-18-9-11(2)16(22)20(12)17/h4-7,9,12H,3,8,10H2,1-2H3,(H,19,21). The lowest BCUT2D eigenvalue weighted by atomic mass is 10.2. The molecule has 2 heterocycles. The molecule has 24 heavy (non-hydrogen) atoms. The van der Waals surface area contributed by atoms with E-state index in [1.807, 2.05) is 25.1 Å². The van der Waals surface area contributed by atoms with Gasteiger partial charge in [0.25, 0.3) is 5.56 Å². The van der Waals surface area contributed by atoms with Gasteiger partial charge in [-0.05, 0) is 26.0 Å². The molecule has 1 unspecified atom stereocenters. The van der Waals surface area contributed by atoms with Crippen LogP contribution in [0.15, 0.2) is 40.4 Å². The Balaban J connectivity index is 1.74. The summed E-state index contributed by atoms with van der Waals surface area (Å²) >= 11 is 1.51. The second kappa shape index (κ2) is 7.09. The van der Waals surface area contributed by atoms with Crippen molar-refractivity contribution in [2.24, 2.45) is 0 Å². The molecule has 6 nitrogen and oxygen atoms in total. The number of para-hydroxylation sites is 2. The Bertz CT molecular complexity index is 819. The Morgan fingerprint density at radius 2 is 2.25 bits per heavy atom. The number of anilines is 1. The third-order valence-corrected chi connectivity index (χ3v) is 4.89. The summed E-state index contributed by atoms with van der Waals surface area (Å²) in [4.78, 5) is 29.0. The molecule has 7 heteroatoms. The number of carbonyl (C=O) groups is 1. The van der Waals surface area contributed by atoms with Crippen LogP contribution >= 0.6 is 11.8 Å². The molecule has 126 valence electrons. The number of fused-ring (bicyclic) bond motifs is 1. The summed E-state index contributed by atoms with van der Waals surface area (Å²) in [6, 6.07) is 7.15. The smallest absolute Gasteiger partial charge is 0.257 e. The summed E-state index contributed by atoms with van der Waals surface area (Å²) in [6.45, 7) is 4.16. The highest BCUT2D eigenvalue weighted by Crippen LogP contribution is 2.32. The van der Waals surface area contributed by atoms with E-state index >= 15 is 0 Å². The molecule has 1 aliphatic heterocycles. The summed E-state index contributed by atoms with van der Waals surface area (Å²) in [5, 5.41) is 3.56. The third kappa shape index (κ3) is 3.31. The summed E-state index contributed by atoms with van der Waals surface area (Å²) in [5.41, 5.74) is 1.16. The molecule has 1 atom stereocenters. The number of ether oxygens (including phenoxy) is 1. The van der Waals surface area contributed by atoms with E-state index in [4.69, 9.17) is 4.74 Å². The second-order valence-electron chi connectivity index (χ2n) is 5.55. The maximum atomic E-state index is 12.4. The van der Waals surface area contributed by atoms with Gasteiger partial charge in [-0.25, -0.2) is 4.98 Å². The molecule has 0 fully saturated rings. The summed E-state index contributed by atoms with van der Waals surface area (Å²) in [6.07, 6.45) is 1.81. The van der Waals surface area contributed by atoms with E-state index in [-0.39, 0.29) is 23.9 Å². The molecule has 1 N–H and O–H groups in total. The number of nitrogens with one attached hydrogen (secondary N) is 1. The molecule has 3 rings (SSSR count). The lowest BCUT2D eigenvalue weighted by Crippen LogP contribution is -2.28. The highest BCUT2D eigenvalue weighted by Gasteiger charge is 2.27. The van der Waals surface area contributed by atoms with E-state index in [1.54, 1.807) is 23.8 Å². The van der Waals surface area contributed by atoms with Crippen molar-refractivity contribution in [1.29, 1.82) is 0 Å². The van der Waals surface area contributed by atoms with Gasteiger partial charge in [0.05, 0.1) is 18.3 Å². The number of aryl methyl sites for hydroxylation is 1. The number of benzene rings is 1. The number of nitrogens with zero attached hydrogens (tertiary/aromatic N) is 2. The van der Waals surface area contributed by atoms with Crippen LogP contribution in [0.3, 0.4) is 0 Å². The van der Waals surface area contributed by atoms with Crippen LogP contribution in [0.1, 0.15) is 24.9 Å². The van der Waals surface area contributed by atoms with E-state index < -0.39 is 0 Å². The van der Waals surface area contributed by atoms with Gasteiger partial charge in [0, 0.05) is 23.9 Å². The van der Waals surface area contributed by atoms with Crippen LogP contribution in [0.4, 0.5) is 5.69 Å². The lowest BCUT2D eigenvalue weighted by molar-refractivity contribution is -0.116. The minimum Gasteiger partial charge on any atom is -0.492 e. The minimum absolute atomic E-state index is 0.0717. The van der Waals surface area contributed by atoms with Crippen molar-refractivity contribution in [2.45, 2.75) is 31.5 Å². The van der Waals surface area contributed by atoms with Crippen molar-refractivity contribution in [3.8, 4) is 5.75 Å². The van der Waals surface area contributed by atoms with Crippen LogP contribution in [-0.2, 0) is 4.79 Å². The quantitative estimate of drug-likeness (QED) is 0.843. The van der Waals surface area contributed by atoms with Gasteiger partial charge in [0.15, 0.2) is 5.16 Å². The van der Waals surface area contributed by atoms with Gasteiger partial charge in [0.2, 0.25) is 5.91 Å². The molecule has 0 saturated heterocycles. The molecular formula is C17H19N3O3S. The van der Waals surface area contributed by atoms with Crippen LogP contribution in [0.25, 0.3) is 0 Å². The first kappa shape index (κ1) is 16.6. The Morgan fingerprint density at radius 3 is 3.04 bits per heavy atom. The first-order valence-corrected chi connectivity index (χ1v) is 8.81. The average Bonchev–Trinajstić information content (AvgIpc) is 2.96. The Morgan fingerprint density at radius 1 is 1.46 bits per heavy atom. The third-order valence-electron chi connectivity index (χ3n) is 3.78. The maximum Gasteiger partial charge on any atom is 0.257 e. The molecule has 0 aliphatic carbocycles. The molecule has 1 aromatic carbocycles. The predicted octanol–water partition coefficient (Wildman–Crippen LogP) is 2.63. The van der Waals surface area contributed by atoms with Crippen molar-refractivity contribution in [3.63, 3.8) is 0 Å². The van der Waals surface area contributed by atoms with Gasteiger partial charge in [-0.3, -0.25) is 14.2 Å². The highest BCUT2D eigenvalue weighted by atomic mass is 32.2. The zero-order valence-electron chi connectivity index (χ0n) is 13.6. The molecule has 0 saturated carbocycles. The predicted molar refractivity (Wildman–Crippen MR) is 93.9 cm³/mol. The monoisotopic (exact) mass is 345 g/mol. The van der Waals surface area contributed by atoms with Gasteiger partial charge in [-0.1, -0.05) is 23.9 Å². The zero-order chi connectivity index (χ0) is 17.1. The van der Waals surface area contributed by atoms with Crippen molar-refractivity contribution < 1.29 is 9.53 Å². The summed E-state index contributed by atoms with van der Waals surface area (Å²) in [5.74, 6) is 1.17. The van der Waals surface area contributed by atoms with E-state index in [1.165, 1.54) is 11.8 Å². The zero-order valence-corrected chi connectivity index (χ0v) is 14.4. The van der Waals surface area contributed by atoms with Gasteiger partial charge in [-0.15, -0.1) is 0 Å². The van der Waals surface area contributed by atoms with Gasteiger partial charge < -0.3 is 10.1 Å². The number of aromatic nitrogens is 2. The summed E-state index contributed by atoms with van der Waals surface area (Å²) in [7, 11) is 0. The minimum atomic E-state index is -0.177. The van der Waals surface area contributed by atoms with Crippen molar-refractivity contribution in [2.75, 3.05) is 17.7 Å². The molecule has 0 radical (unpaired) electrons. The Kier molecular flexibility index (Phi) is 4.89. The van der Waals surface area contributed by atoms with Crippen molar-refractivity contribution >= 4 is 23.4 Å². The molecule has 1 amide bonds. The van der Waals surface area contributed by atoms with Crippen LogP contribution in [0.2, 0.25) is 0 Å². The van der Waals surface area contributed by atoms with Gasteiger partial charge >= 0.3 is 0 Å².